The first-order valence-corrected chi connectivity index (χ1v) is 4.70. The third-order valence-electron chi connectivity index (χ3n) is 2.70. The molecular formula is C10H15N3. The average molecular weight is 177 g/mol. The molecule has 0 radical (unpaired) electrons. The summed E-state index contributed by atoms with van der Waals surface area (Å²) in [5.41, 5.74) is 6.05. The fourth-order valence-corrected chi connectivity index (χ4v) is 1.38. The summed E-state index contributed by atoms with van der Waals surface area (Å²) in [7, 11) is 0. The normalized spacial score (nSPS) is 18.2. The van der Waals surface area contributed by atoms with Crippen molar-refractivity contribution in [3.8, 4) is 0 Å². The van der Waals surface area contributed by atoms with E-state index in [2.05, 4.69) is 10.3 Å². The van der Waals surface area contributed by atoms with Gasteiger partial charge in [-0.05, 0) is 36.9 Å². The molecule has 1 fully saturated rings. The van der Waals surface area contributed by atoms with E-state index in [9.17, 15) is 0 Å². The minimum absolute atomic E-state index is 0.373. The second-order valence-electron chi connectivity index (χ2n) is 3.77. The largest absolute Gasteiger partial charge is 0.369 e. The smallest absolute Gasteiger partial charge is 0.125 e. The number of pyridine rings is 1. The first kappa shape index (κ1) is 8.51. The van der Waals surface area contributed by atoms with Gasteiger partial charge in [0.2, 0.25) is 0 Å². The van der Waals surface area contributed by atoms with Crippen molar-refractivity contribution in [2.45, 2.75) is 12.8 Å². The van der Waals surface area contributed by atoms with Crippen LogP contribution < -0.4 is 11.1 Å². The molecule has 0 saturated heterocycles. The predicted molar refractivity (Wildman–Crippen MR) is 53.4 cm³/mol. The van der Waals surface area contributed by atoms with Crippen LogP contribution in [0, 0.1) is 5.41 Å². The fraction of sp³-hybridized carbons (Fsp3) is 0.500. The fourth-order valence-electron chi connectivity index (χ4n) is 1.38. The number of nitrogens with one attached hydrogen (secondary N) is 1. The Labute approximate surface area is 78.4 Å². The van der Waals surface area contributed by atoms with Gasteiger partial charge >= 0.3 is 0 Å². The maximum atomic E-state index is 5.67. The number of nitrogens with zero attached hydrogens (tertiary/aromatic N) is 1. The van der Waals surface area contributed by atoms with E-state index in [0.29, 0.717) is 5.41 Å². The van der Waals surface area contributed by atoms with Crippen LogP contribution in [0.25, 0.3) is 0 Å². The van der Waals surface area contributed by atoms with Gasteiger partial charge in [0.05, 0.1) is 0 Å². The molecule has 3 nitrogen and oxygen atoms in total. The molecule has 2 rings (SSSR count). The second-order valence-corrected chi connectivity index (χ2v) is 3.77. The highest BCUT2D eigenvalue weighted by molar-refractivity contribution is 5.34. The lowest BCUT2D eigenvalue weighted by Gasteiger charge is -2.13. The minimum atomic E-state index is 0.373. The van der Waals surface area contributed by atoms with Crippen molar-refractivity contribution in [3.05, 3.63) is 24.4 Å². The quantitative estimate of drug-likeness (QED) is 0.727. The monoisotopic (exact) mass is 177 g/mol. The Balaban J connectivity index is 1.86. The van der Waals surface area contributed by atoms with Crippen LogP contribution >= 0.6 is 0 Å². The number of anilines is 1. The molecule has 0 unspecified atom stereocenters. The maximum absolute atomic E-state index is 5.67. The van der Waals surface area contributed by atoms with Gasteiger partial charge in [-0.2, -0.15) is 0 Å². The van der Waals surface area contributed by atoms with Crippen molar-refractivity contribution in [1.29, 1.82) is 0 Å². The van der Waals surface area contributed by atoms with Gasteiger partial charge in [-0.25, -0.2) is 4.98 Å². The number of hydrogen-bond donors (Lipinski definition) is 2. The molecule has 0 bridgehead atoms. The summed E-state index contributed by atoms with van der Waals surface area (Å²) in [6.45, 7) is 1.74. The zero-order valence-electron chi connectivity index (χ0n) is 7.66. The van der Waals surface area contributed by atoms with Crippen LogP contribution in [-0.4, -0.2) is 18.1 Å². The van der Waals surface area contributed by atoms with E-state index in [0.717, 1.165) is 18.9 Å². The molecule has 1 heterocycles. The van der Waals surface area contributed by atoms with Gasteiger partial charge in [0.15, 0.2) is 0 Å². The van der Waals surface area contributed by atoms with Crippen LogP contribution in [-0.2, 0) is 0 Å². The summed E-state index contributed by atoms with van der Waals surface area (Å²) in [6.07, 6.45) is 4.30. The molecule has 0 aliphatic heterocycles. The third-order valence-corrected chi connectivity index (χ3v) is 2.70. The van der Waals surface area contributed by atoms with Crippen LogP contribution in [0.3, 0.4) is 0 Å². The van der Waals surface area contributed by atoms with Crippen molar-refractivity contribution in [1.82, 2.24) is 4.98 Å². The first-order valence-electron chi connectivity index (χ1n) is 4.70. The summed E-state index contributed by atoms with van der Waals surface area (Å²) in [4.78, 5) is 4.19. The van der Waals surface area contributed by atoms with Crippen LogP contribution in [0.2, 0.25) is 0 Å². The SMILES string of the molecule is NCC1(CNc2ccccn2)CC1. The molecule has 1 aromatic heterocycles. The molecule has 3 N–H and O–H groups in total. The van der Waals surface area contributed by atoms with Gasteiger partial charge < -0.3 is 11.1 Å². The van der Waals surface area contributed by atoms with E-state index >= 15 is 0 Å². The maximum Gasteiger partial charge on any atom is 0.125 e. The Hall–Kier alpha value is -1.09. The molecular weight excluding hydrogens is 162 g/mol. The standard InChI is InChI=1S/C10H15N3/c11-7-10(4-5-10)8-13-9-3-1-2-6-12-9/h1-3,6H,4-5,7-8,11H2,(H,12,13). The second kappa shape index (κ2) is 3.34. The molecule has 13 heavy (non-hydrogen) atoms. The highest BCUT2D eigenvalue weighted by atomic mass is 15.0. The minimum Gasteiger partial charge on any atom is -0.369 e. The van der Waals surface area contributed by atoms with E-state index < -0.39 is 0 Å². The summed E-state index contributed by atoms with van der Waals surface area (Å²) in [6, 6.07) is 5.88. The van der Waals surface area contributed by atoms with Gasteiger partial charge in [-0.15, -0.1) is 0 Å². The van der Waals surface area contributed by atoms with E-state index in [1.54, 1.807) is 6.20 Å². The molecule has 0 atom stereocenters. The lowest BCUT2D eigenvalue weighted by Crippen LogP contribution is -2.24. The molecule has 1 aromatic rings. The predicted octanol–water partition coefficient (Wildman–Crippen LogP) is 1.23. The van der Waals surface area contributed by atoms with Gasteiger partial charge in [0.1, 0.15) is 5.82 Å². The van der Waals surface area contributed by atoms with E-state index in [1.807, 2.05) is 18.2 Å². The zero-order chi connectivity index (χ0) is 9.15. The van der Waals surface area contributed by atoms with Crippen LogP contribution in [0.5, 0.6) is 0 Å². The summed E-state index contributed by atoms with van der Waals surface area (Å²) in [5, 5.41) is 3.31. The number of rotatable bonds is 4. The van der Waals surface area contributed by atoms with Crippen molar-refractivity contribution in [2.75, 3.05) is 18.4 Å². The molecule has 0 spiro atoms. The Morgan fingerprint density at radius 3 is 2.85 bits per heavy atom. The van der Waals surface area contributed by atoms with Crippen LogP contribution in [0.1, 0.15) is 12.8 Å². The summed E-state index contributed by atoms with van der Waals surface area (Å²) < 4.78 is 0. The van der Waals surface area contributed by atoms with Gasteiger partial charge in [-0.1, -0.05) is 6.07 Å². The Morgan fingerprint density at radius 1 is 1.46 bits per heavy atom. The molecule has 1 saturated carbocycles. The third kappa shape index (κ3) is 1.98. The van der Waals surface area contributed by atoms with Gasteiger partial charge in [0, 0.05) is 12.7 Å². The number of hydrogen-bond acceptors (Lipinski definition) is 3. The van der Waals surface area contributed by atoms with Crippen molar-refractivity contribution < 1.29 is 0 Å². The summed E-state index contributed by atoms with van der Waals surface area (Å²) >= 11 is 0. The topological polar surface area (TPSA) is 50.9 Å². The van der Waals surface area contributed by atoms with Gasteiger partial charge in [-0.3, -0.25) is 0 Å². The average Bonchev–Trinajstić information content (AvgIpc) is 2.97. The molecule has 1 aliphatic carbocycles. The molecule has 0 amide bonds. The lowest BCUT2D eigenvalue weighted by atomic mass is 10.1. The highest BCUT2D eigenvalue weighted by Crippen LogP contribution is 2.44. The zero-order valence-corrected chi connectivity index (χ0v) is 7.66. The van der Waals surface area contributed by atoms with Crippen LogP contribution in [0.4, 0.5) is 5.82 Å². The van der Waals surface area contributed by atoms with E-state index in [1.165, 1.54) is 12.8 Å². The number of aromatic nitrogens is 1. The van der Waals surface area contributed by atoms with Crippen molar-refractivity contribution >= 4 is 5.82 Å². The molecule has 1 aliphatic rings. The molecule has 3 heteroatoms. The van der Waals surface area contributed by atoms with E-state index in [4.69, 9.17) is 5.73 Å². The van der Waals surface area contributed by atoms with E-state index in [-0.39, 0.29) is 0 Å². The first-order chi connectivity index (χ1) is 6.35. The number of nitrogens with two attached hydrogens (primary N) is 1. The van der Waals surface area contributed by atoms with Gasteiger partial charge in [0.25, 0.3) is 0 Å². The molecule has 70 valence electrons. The van der Waals surface area contributed by atoms with Crippen LogP contribution in [0.15, 0.2) is 24.4 Å². The highest BCUT2D eigenvalue weighted by Gasteiger charge is 2.40. The Bertz CT molecular complexity index is 267. The Kier molecular flexibility index (Phi) is 2.19. The summed E-state index contributed by atoms with van der Waals surface area (Å²) in [5.74, 6) is 0.947. The molecule has 0 aromatic carbocycles. The lowest BCUT2D eigenvalue weighted by molar-refractivity contribution is 0.555. The van der Waals surface area contributed by atoms with Crippen molar-refractivity contribution in [2.24, 2.45) is 11.1 Å². The van der Waals surface area contributed by atoms with Crippen molar-refractivity contribution in [3.63, 3.8) is 0 Å². The Morgan fingerprint density at radius 2 is 2.31 bits per heavy atom.